The van der Waals surface area contributed by atoms with Gasteiger partial charge < -0.3 is 20.1 Å². The molecule has 0 aliphatic carbocycles. The highest BCUT2D eigenvalue weighted by molar-refractivity contribution is 9.10. The molecule has 0 unspecified atom stereocenters. The molecule has 25 heavy (non-hydrogen) atoms. The van der Waals surface area contributed by atoms with Crippen molar-refractivity contribution in [2.45, 2.75) is 51.2 Å². The van der Waals surface area contributed by atoms with E-state index in [0.29, 0.717) is 32.5 Å². The Morgan fingerprint density at radius 2 is 1.88 bits per heavy atom. The fourth-order valence-electron chi connectivity index (χ4n) is 2.81. The maximum Gasteiger partial charge on any atom is 0.410 e. The molecule has 0 radical (unpaired) electrons. The van der Waals surface area contributed by atoms with E-state index in [1.165, 1.54) is 5.56 Å². The summed E-state index contributed by atoms with van der Waals surface area (Å²) in [6.07, 6.45) is 1.76. The molecule has 1 fully saturated rings. The Morgan fingerprint density at radius 1 is 1.28 bits per heavy atom. The average molecular weight is 413 g/mol. The lowest BCUT2D eigenvalue weighted by Gasteiger charge is -2.38. The number of hydrogen-bond donors (Lipinski definition) is 2. The molecule has 6 heteroatoms. The first kappa shape index (κ1) is 20.2. The predicted molar refractivity (Wildman–Crippen MR) is 103 cm³/mol. The molecule has 140 valence electrons. The van der Waals surface area contributed by atoms with Crippen LogP contribution in [0, 0.1) is 0 Å². The monoisotopic (exact) mass is 412 g/mol. The van der Waals surface area contributed by atoms with E-state index < -0.39 is 11.2 Å². The van der Waals surface area contributed by atoms with E-state index in [4.69, 9.17) is 4.74 Å². The fourth-order valence-corrected chi connectivity index (χ4v) is 3.08. The zero-order valence-corrected chi connectivity index (χ0v) is 16.9. The van der Waals surface area contributed by atoms with Crippen LogP contribution in [0.1, 0.15) is 39.2 Å². The van der Waals surface area contributed by atoms with Crippen LogP contribution in [0.25, 0.3) is 0 Å². The van der Waals surface area contributed by atoms with Crippen LogP contribution in [0.5, 0.6) is 0 Å². The number of likely N-dealkylation sites (tertiary alicyclic amines) is 1. The van der Waals surface area contributed by atoms with Gasteiger partial charge in [0.05, 0.1) is 5.60 Å². The van der Waals surface area contributed by atoms with Crippen LogP contribution in [0.2, 0.25) is 0 Å². The van der Waals surface area contributed by atoms with Crippen LogP contribution in [-0.4, -0.2) is 53.5 Å². The summed E-state index contributed by atoms with van der Waals surface area (Å²) in [4.78, 5) is 13.8. The average Bonchev–Trinajstić information content (AvgIpc) is 2.52. The van der Waals surface area contributed by atoms with E-state index in [2.05, 4.69) is 33.4 Å². The first-order chi connectivity index (χ1) is 11.7. The zero-order valence-electron chi connectivity index (χ0n) is 15.3. The van der Waals surface area contributed by atoms with Crippen molar-refractivity contribution < 1.29 is 14.6 Å². The predicted octanol–water partition coefficient (Wildman–Crippen LogP) is 3.34. The summed E-state index contributed by atoms with van der Waals surface area (Å²) in [5.41, 5.74) is 0.0277. The number of carbonyl (C=O) groups is 1. The lowest BCUT2D eigenvalue weighted by molar-refractivity contribution is -0.0307. The molecule has 1 aromatic carbocycles. The quantitative estimate of drug-likeness (QED) is 0.727. The molecule has 2 rings (SSSR count). The maximum atomic E-state index is 12.1. The van der Waals surface area contributed by atoms with Crippen LogP contribution in [-0.2, 0) is 11.2 Å². The molecule has 0 bridgehead atoms. The number of nitrogens with one attached hydrogen (secondary N) is 1. The van der Waals surface area contributed by atoms with Crippen molar-refractivity contribution in [2.24, 2.45) is 0 Å². The highest BCUT2D eigenvalue weighted by Gasteiger charge is 2.34. The van der Waals surface area contributed by atoms with Gasteiger partial charge in [-0.05, 0) is 64.3 Å². The van der Waals surface area contributed by atoms with Gasteiger partial charge in [0.1, 0.15) is 5.60 Å². The molecule has 2 N–H and O–H groups in total. The Balaban J connectivity index is 1.69. The standard InChI is InChI=1S/C19H29BrN2O3/c1-18(2,3)25-17(23)22-12-9-19(24,10-13-22)14-21-11-8-15-4-6-16(20)7-5-15/h4-7,21,24H,8-14H2,1-3H3. The number of hydrogen-bond acceptors (Lipinski definition) is 4. The van der Waals surface area contributed by atoms with Crippen molar-refractivity contribution in [3.63, 3.8) is 0 Å². The second-order valence-electron chi connectivity index (χ2n) is 7.74. The summed E-state index contributed by atoms with van der Waals surface area (Å²) in [7, 11) is 0. The van der Waals surface area contributed by atoms with Crippen LogP contribution < -0.4 is 5.32 Å². The largest absolute Gasteiger partial charge is 0.444 e. The smallest absolute Gasteiger partial charge is 0.410 e. The lowest BCUT2D eigenvalue weighted by Crippen LogP contribution is -2.52. The molecule has 1 saturated heterocycles. The third-order valence-electron chi connectivity index (χ3n) is 4.30. The number of nitrogens with zero attached hydrogens (tertiary/aromatic N) is 1. The molecular formula is C19H29BrN2O3. The van der Waals surface area contributed by atoms with Gasteiger partial charge in [0, 0.05) is 24.1 Å². The number of benzene rings is 1. The fraction of sp³-hybridized carbons (Fsp3) is 0.632. The Hall–Kier alpha value is -1.11. The van der Waals surface area contributed by atoms with Gasteiger partial charge in [0.2, 0.25) is 0 Å². The molecular weight excluding hydrogens is 384 g/mol. The van der Waals surface area contributed by atoms with E-state index in [1.54, 1.807) is 4.90 Å². The molecule has 1 aliphatic heterocycles. The molecule has 1 aliphatic rings. The second-order valence-corrected chi connectivity index (χ2v) is 8.66. The van der Waals surface area contributed by atoms with E-state index in [-0.39, 0.29) is 6.09 Å². The van der Waals surface area contributed by atoms with Gasteiger partial charge in [0.15, 0.2) is 0 Å². The van der Waals surface area contributed by atoms with Crippen LogP contribution in [0.3, 0.4) is 0 Å². The number of amides is 1. The van der Waals surface area contributed by atoms with Crippen LogP contribution in [0.15, 0.2) is 28.7 Å². The maximum absolute atomic E-state index is 12.1. The number of carbonyl (C=O) groups excluding carboxylic acids is 1. The molecule has 0 atom stereocenters. The highest BCUT2D eigenvalue weighted by Crippen LogP contribution is 2.23. The van der Waals surface area contributed by atoms with Crippen LogP contribution >= 0.6 is 15.9 Å². The second kappa shape index (κ2) is 8.52. The Kier molecular flexibility index (Phi) is 6.88. The number of ether oxygens (including phenoxy) is 1. The third kappa shape index (κ3) is 6.96. The summed E-state index contributed by atoms with van der Waals surface area (Å²) in [5.74, 6) is 0. The minimum Gasteiger partial charge on any atom is -0.444 e. The van der Waals surface area contributed by atoms with Gasteiger partial charge in [0.25, 0.3) is 0 Å². The van der Waals surface area contributed by atoms with Crippen molar-refractivity contribution in [1.82, 2.24) is 10.2 Å². The summed E-state index contributed by atoms with van der Waals surface area (Å²) in [5, 5.41) is 14.0. The summed E-state index contributed by atoms with van der Waals surface area (Å²) < 4.78 is 6.47. The summed E-state index contributed by atoms with van der Waals surface area (Å²) in [6.45, 7) is 8.01. The van der Waals surface area contributed by atoms with Crippen molar-refractivity contribution in [3.05, 3.63) is 34.3 Å². The summed E-state index contributed by atoms with van der Waals surface area (Å²) in [6, 6.07) is 8.27. The van der Waals surface area contributed by atoms with Gasteiger partial charge in [-0.25, -0.2) is 4.79 Å². The van der Waals surface area contributed by atoms with Gasteiger partial charge in [-0.1, -0.05) is 28.1 Å². The van der Waals surface area contributed by atoms with Gasteiger partial charge in [-0.3, -0.25) is 0 Å². The Labute approximate surface area is 158 Å². The molecule has 0 saturated carbocycles. The minimum absolute atomic E-state index is 0.294. The van der Waals surface area contributed by atoms with Crippen LogP contribution in [0.4, 0.5) is 4.79 Å². The number of piperidine rings is 1. The molecule has 5 nitrogen and oxygen atoms in total. The van der Waals surface area contributed by atoms with Crippen molar-refractivity contribution in [3.8, 4) is 0 Å². The van der Waals surface area contributed by atoms with Crippen molar-refractivity contribution >= 4 is 22.0 Å². The molecule has 1 heterocycles. The Bertz CT molecular complexity index is 561. The van der Waals surface area contributed by atoms with Gasteiger partial charge in [-0.15, -0.1) is 0 Å². The normalized spacial score (nSPS) is 17.4. The highest BCUT2D eigenvalue weighted by atomic mass is 79.9. The molecule has 0 aromatic heterocycles. The van der Waals surface area contributed by atoms with Crippen molar-refractivity contribution in [2.75, 3.05) is 26.2 Å². The minimum atomic E-state index is -0.752. The van der Waals surface area contributed by atoms with Gasteiger partial charge in [-0.2, -0.15) is 0 Å². The Morgan fingerprint density at radius 3 is 2.44 bits per heavy atom. The van der Waals surface area contributed by atoms with E-state index >= 15 is 0 Å². The van der Waals surface area contributed by atoms with Crippen molar-refractivity contribution in [1.29, 1.82) is 0 Å². The molecule has 1 aromatic rings. The molecule has 0 spiro atoms. The number of aliphatic hydroxyl groups is 1. The summed E-state index contributed by atoms with van der Waals surface area (Å²) >= 11 is 3.43. The topological polar surface area (TPSA) is 61.8 Å². The number of rotatable bonds is 5. The number of halogens is 1. The SMILES string of the molecule is CC(C)(C)OC(=O)N1CCC(O)(CNCCc2ccc(Br)cc2)CC1. The van der Waals surface area contributed by atoms with E-state index in [1.807, 2.05) is 32.9 Å². The van der Waals surface area contributed by atoms with E-state index in [9.17, 15) is 9.90 Å². The third-order valence-corrected chi connectivity index (χ3v) is 4.83. The molecule has 1 amide bonds. The first-order valence-corrected chi connectivity index (χ1v) is 9.62. The lowest BCUT2D eigenvalue weighted by atomic mass is 9.91. The zero-order chi connectivity index (χ0) is 18.5. The van der Waals surface area contributed by atoms with E-state index in [0.717, 1.165) is 17.4 Å². The van der Waals surface area contributed by atoms with Gasteiger partial charge >= 0.3 is 6.09 Å². The first-order valence-electron chi connectivity index (χ1n) is 8.82.